The lowest BCUT2D eigenvalue weighted by atomic mass is 10.1. The number of unbranched alkanes of at least 4 members (excludes halogenated alkanes) is 1. The maximum Gasteiger partial charge on any atom is 0.169 e. The Morgan fingerprint density at radius 1 is 1.54 bits per heavy atom. The van der Waals surface area contributed by atoms with Crippen LogP contribution in [0.15, 0.2) is 12.7 Å². The van der Waals surface area contributed by atoms with E-state index in [2.05, 4.69) is 20.4 Å². The van der Waals surface area contributed by atoms with Crippen molar-refractivity contribution in [2.75, 3.05) is 6.61 Å². The van der Waals surface area contributed by atoms with Crippen molar-refractivity contribution in [3.05, 3.63) is 12.7 Å². The van der Waals surface area contributed by atoms with Crippen LogP contribution in [0.5, 0.6) is 0 Å². The fourth-order valence-corrected chi connectivity index (χ4v) is 1.63. The molecule has 1 rings (SSSR count). The van der Waals surface area contributed by atoms with Crippen molar-refractivity contribution in [3.8, 4) is 0 Å². The highest BCUT2D eigenvalue weighted by Gasteiger charge is 2.37. The molecule has 1 saturated heterocycles. The van der Waals surface area contributed by atoms with Crippen molar-refractivity contribution >= 4 is 0 Å². The number of hydrogen-bond donors (Lipinski definition) is 0. The van der Waals surface area contributed by atoms with Gasteiger partial charge in [0, 0.05) is 6.42 Å². The Kier molecular flexibility index (Phi) is 3.94. The zero-order valence-electron chi connectivity index (χ0n) is 8.71. The normalized spacial score (nSPS) is 33.5. The third-order valence-electron chi connectivity index (χ3n) is 2.59. The van der Waals surface area contributed by atoms with Crippen LogP contribution in [-0.2, 0) is 9.47 Å². The van der Waals surface area contributed by atoms with Gasteiger partial charge in [-0.1, -0.05) is 26.3 Å². The molecule has 0 amide bonds. The summed E-state index contributed by atoms with van der Waals surface area (Å²) in [4.78, 5) is 0. The lowest BCUT2D eigenvalue weighted by molar-refractivity contribution is -0.171. The molecular formula is C11H20O2. The summed E-state index contributed by atoms with van der Waals surface area (Å²) in [6.45, 7) is 8.68. The van der Waals surface area contributed by atoms with E-state index in [-0.39, 0.29) is 11.9 Å². The molecule has 0 aromatic carbocycles. The second kappa shape index (κ2) is 4.77. The van der Waals surface area contributed by atoms with Crippen molar-refractivity contribution in [2.24, 2.45) is 0 Å². The van der Waals surface area contributed by atoms with Gasteiger partial charge in [-0.3, -0.25) is 0 Å². The van der Waals surface area contributed by atoms with E-state index in [0.29, 0.717) is 6.61 Å². The first-order valence-corrected chi connectivity index (χ1v) is 5.20. The molecule has 13 heavy (non-hydrogen) atoms. The first-order valence-electron chi connectivity index (χ1n) is 5.20. The quantitative estimate of drug-likeness (QED) is 0.612. The average molecular weight is 184 g/mol. The zero-order chi connectivity index (χ0) is 9.73. The minimum atomic E-state index is -0.311. The van der Waals surface area contributed by atoms with E-state index < -0.39 is 0 Å². The van der Waals surface area contributed by atoms with E-state index in [0.717, 1.165) is 19.3 Å². The Bertz CT molecular complexity index is 167. The molecule has 0 aromatic heterocycles. The highest BCUT2D eigenvalue weighted by Crippen LogP contribution is 2.32. The Labute approximate surface area is 80.9 Å². The average Bonchev–Trinajstić information content (AvgIpc) is 2.59. The molecule has 0 aliphatic carbocycles. The van der Waals surface area contributed by atoms with Crippen molar-refractivity contribution in [1.29, 1.82) is 0 Å². The van der Waals surface area contributed by atoms with Gasteiger partial charge in [-0.2, -0.15) is 0 Å². The van der Waals surface area contributed by atoms with Gasteiger partial charge < -0.3 is 9.47 Å². The highest BCUT2D eigenvalue weighted by molar-refractivity contribution is 4.88. The molecule has 0 N–H and O–H groups in total. The molecule has 0 radical (unpaired) electrons. The van der Waals surface area contributed by atoms with Gasteiger partial charge in [-0.25, -0.2) is 0 Å². The van der Waals surface area contributed by atoms with Gasteiger partial charge in [0.05, 0.1) is 6.61 Å². The lowest BCUT2D eigenvalue weighted by Gasteiger charge is -2.26. The molecule has 2 unspecified atom stereocenters. The van der Waals surface area contributed by atoms with Gasteiger partial charge >= 0.3 is 0 Å². The molecule has 1 fully saturated rings. The standard InChI is InChI=1S/C11H20O2/c1-4-7-8-11(6-3)12-9-10(5-2)13-11/h5,10H,2,4,6-9H2,1,3H3. The number of hydrogen-bond acceptors (Lipinski definition) is 2. The maximum absolute atomic E-state index is 5.81. The topological polar surface area (TPSA) is 18.5 Å². The first-order chi connectivity index (χ1) is 6.26. The third-order valence-corrected chi connectivity index (χ3v) is 2.59. The van der Waals surface area contributed by atoms with Crippen LogP contribution in [-0.4, -0.2) is 18.5 Å². The minimum absolute atomic E-state index is 0.0943. The lowest BCUT2D eigenvalue weighted by Crippen LogP contribution is -2.29. The Balaban J connectivity index is 2.46. The summed E-state index contributed by atoms with van der Waals surface area (Å²) < 4.78 is 11.5. The molecule has 2 heteroatoms. The first kappa shape index (κ1) is 10.7. The largest absolute Gasteiger partial charge is 0.347 e. The summed E-state index contributed by atoms with van der Waals surface area (Å²) in [5.74, 6) is -0.311. The summed E-state index contributed by atoms with van der Waals surface area (Å²) in [7, 11) is 0. The van der Waals surface area contributed by atoms with E-state index in [1.807, 2.05) is 6.08 Å². The summed E-state index contributed by atoms with van der Waals surface area (Å²) in [6.07, 6.45) is 6.20. The molecule has 2 atom stereocenters. The molecule has 76 valence electrons. The fraction of sp³-hybridized carbons (Fsp3) is 0.818. The van der Waals surface area contributed by atoms with Crippen molar-refractivity contribution in [3.63, 3.8) is 0 Å². The number of rotatable bonds is 5. The van der Waals surface area contributed by atoms with Gasteiger partial charge in [-0.15, -0.1) is 6.58 Å². The SMILES string of the molecule is C=CC1COC(CC)(CCCC)O1. The van der Waals surface area contributed by atoms with Crippen LogP contribution in [0.1, 0.15) is 39.5 Å². The summed E-state index contributed by atoms with van der Waals surface area (Å²) in [6, 6.07) is 0. The molecule has 2 nitrogen and oxygen atoms in total. The second-order valence-electron chi connectivity index (χ2n) is 3.57. The fourth-order valence-electron chi connectivity index (χ4n) is 1.63. The smallest absolute Gasteiger partial charge is 0.169 e. The van der Waals surface area contributed by atoms with Crippen LogP contribution >= 0.6 is 0 Å². The van der Waals surface area contributed by atoms with E-state index in [9.17, 15) is 0 Å². The van der Waals surface area contributed by atoms with E-state index in [1.54, 1.807) is 0 Å². The monoisotopic (exact) mass is 184 g/mol. The highest BCUT2D eigenvalue weighted by atomic mass is 16.7. The maximum atomic E-state index is 5.81. The Morgan fingerprint density at radius 3 is 2.77 bits per heavy atom. The van der Waals surface area contributed by atoms with Gasteiger partial charge in [0.25, 0.3) is 0 Å². The molecule has 0 saturated carbocycles. The summed E-state index contributed by atoms with van der Waals surface area (Å²) in [5.41, 5.74) is 0. The van der Waals surface area contributed by atoms with Crippen LogP contribution < -0.4 is 0 Å². The molecular weight excluding hydrogens is 164 g/mol. The Hall–Kier alpha value is -0.340. The molecule has 1 heterocycles. The van der Waals surface area contributed by atoms with Gasteiger partial charge in [-0.05, 0) is 12.8 Å². The van der Waals surface area contributed by atoms with Crippen LogP contribution in [0.2, 0.25) is 0 Å². The molecule has 0 spiro atoms. The van der Waals surface area contributed by atoms with Crippen LogP contribution in [0.25, 0.3) is 0 Å². The predicted molar refractivity (Wildman–Crippen MR) is 53.6 cm³/mol. The third kappa shape index (κ3) is 2.55. The van der Waals surface area contributed by atoms with Gasteiger partial charge in [0.15, 0.2) is 5.79 Å². The minimum Gasteiger partial charge on any atom is -0.347 e. The van der Waals surface area contributed by atoms with E-state index >= 15 is 0 Å². The number of ether oxygens (including phenoxy) is 2. The molecule has 0 bridgehead atoms. The molecule has 0 aromatic rings. The second-order valence-corrected chi connectivity index (χ2v) is 3.57. The zero-order valence-corrected chi connectivity index (χ0v) is 8.71. The van der Waals surface area contributed by atoms with Crippen molar-refractivity contribution in [1.82, 2.24) is 0 Å². The van der Waals surface area contributed by atoms with E-state index in [4.69, 9.17) is 9.47 Å². The van der Waals surface area contributed by atoms with Gasteiger partial charge in [0.2, 0.25) is 0 Å². The molecule has 1 aliphatic rings. The van der Waals surface area contributed by atoms with Crippen molar-refractivity contribution in [2.45, 2.75) is 51.4 Å². The summed E-state index contributed by atoms with van der Waals surface area (Å²) in [5, 5.41) is 0. The van der Waals surface area contributed by atoms with Crippen LogP contribution in [0.4, 0.5) is 0 Å². The van der Waals surface area contributed by atoms with E-state index in [1.165, 1.54) is 6.42 Å². The predicted octanol–water partition coefficient (Wildman–Crippen LogP) is 2.88. The van der Waals surface area contributed by atoms with Gasteiger partial charge in [0.1, 0.15) is 6.10 Å². The Morgan fingerprint density at radius 2 is 2.31 bits per heavy atom. The van der Waals surface area contributed by atoms with Crippen LogP contribution in [0, 0.1) is 0 Å². The van der Waals surface area contributed by atoms with Crippen molar-refractivity contribution < 1.29 is 9.47 Å². The van der Waals surface area contributed by atoms with Crippen LogP contribution in [0.3, 0.4) is 0 Å². The summed E-state index contributed by atoms with van der Waals surface area (Å²) >= 11 is 0. The molecule has 1 aliphatic heterocycles.